The van der Waals surface area contributed by atoms with Crippen molar-refractivity contribution in [2.45, 2.75) is 19.6 Å². The van der Waals surface area contributed by atoms with Gasteiger partial charge in [-0.1, -0.05) is 6.08 Å². The zero-order valence-corrected chi connectivity index (χ0v) is 9.35. The molecule has 0 aromatic carbocycles. The van der Waals surface area contributed by atoms with Crippen LogP contribution in [0.4, 0.5) is 0 Å². The number of hydrogen-bond donors (Lipinski definition) is 0. The van der Waals surface area contributed by atoms with E-state index in [2.05, 4.69) is 10.8 Å². The van der Waals surface area contributed by atoms with E-state index in [0.29, 0.717) is 0 Å². The Morgan fingerprint density at radius 1 is 1.42 bits per heavy atom. The minimum absolute atomic E-state index is 0.0488. The standard InChI is InChI=1S/C6H14O4SSi/c1-5-6-9-11(7,8)10-12(2,3)4/h5H,1,6H2,2-4H3. The second kappa shape index (κ2) is 4.17. The van der Waals surface area contributed by atoms with Crippen molar-refractivity contribution in [2.75, 3.05) is 6.61 Å². The van der Waals surface area contributed by atoms with Crippen molar-refractivity contribution in [1.82, 2.24) is 0 Å². The quantitative estimate of drug-likeness (QED) is 0.507. The minimum Gasteiger partial charge on any atom is -0.294 e. The van der Waals surface area contributed by atoms with E-state index in [1.165, 1.54) is 6.08 Å². The maximum Gasteiger partial charge on any atom is 0.390 e. The van der Waals surface area contributed by atoms with Gasteiger partial charge in [-0.05, 0) is 19.6 Å². The normalized spacial score (nSPS) is 12.9. The molecule has 6 heteroatoms. The second-order valence-electron chi connectivity index (χ2n) is 3.18. The molecule has 0 rings (SSSR count). The maximum absolute atomic E-state index is 10.9. The zero-order chi connectivity index (χ0) is 9.83. The monoisotopic (exact) mass is 210 g/mol. The fourth-order valence-electron chi connectivity index (χ4n) is 0.462. The summed E-state index contributed by atoms with van der Waals surface area (Å²) in [4.78, 5) is 0. The van der Waals surface area contributed by atoms with Crippen molar-refractivity contribution < 1.29 is 16.5 Å². The van der Waals surface area contributed by atoms with E-state index in [1.807, 2.05) is 0 Å². The Bertz CT molecular complexity index is 239. The van der Waals surface area contributed by atoms with Gasteiger partial charge in [0.15, 0.2) is 0 Å². The molecule has 12 heavy (non-hydrogen) atoms. The van der Waals surface area contributed by atoms with Crippen LogP contribution in [0.15, 0.2) is 12.7 Å². The molecule has 0 aliphatic rings. The van der Waals surface area contributed by atoms with Gasteiger partial charge in [-0.2, -0.15) is 8.42 Å². The van der Waals surface area contributed by atoms with Gasteiger partial charge in [0, 0.05) is 0 Å². The smallest absolute Gasteiger partial charge is 0.294 e. The molecular weight excluding hydrogens is 196 g/mol. The van der Waals surface area contributed by atoms with Crippen LogP contribution in [0.1, 0.15) is 0 Å². The second-order valence-corrected chi connectivity index (χ2v) is 9.12. The molecule has 4 nitrogen and oxygen atoms in total. The lowest BCUT2D eigenvalue weighted by Crippen LogP contribution is -2.30. The van der Waals surface area contributed by atoms with Gasteiger partial charge in [-0.25, -0.2) is 4.18 Å². The fourth-order valence-corrected chi connectivity index (χ4v) is 3.37. The highest BCUT2D eigenvalue weighted by molar-refractivity contribution is 7.83. The molecule has 0 atom stereocenters. The summed E-state index contributed by atoms with van der Waals surface area (Å²) in [5, 5.41) is 0. The van der Waals surface area contributed by atoms with Gasteiger partial charge in [0.1, 0.15) is 0 Å². The first-order chi connectivity index (χ1) is 5.27. The molecule has 0 aromatic rings. The summed E-state index contributed by atoms with van der Waals surface area (Å²) >= 11 is 0. The third-order valence-electron chi connectivity index (χ3n) is 0.682. The molecule has 0 saturated carbocycles. The average Bonchev–Trinajstić information content (AvgIpc) is 1.78. The van der Waals surface area contributed by atoms with Crippen LogP contribution in [-0.2, 0) is 18.5 Å². The van der Waals surface area contributed by atoms with Crippen LogP contribution in [0.3, 0.4) is 0 Å². The van der Waals surface area contributed by atoms with Gasteiger partial charge in [-0.3, -0.25) is 3.87 Å². The Labute approximate surface area is 74.6 Å². The first-order valence-corrected chi connectivity index (χ1v) is 8.22. The summed E-state index contributed by atoms with van der Waals surface area (Å²) in [6.45, 7) is 8.57. The van der Waals surface area contributed by atoms with Crippen LogP contribution in [-0.4, -0.2) is 23.3 Å². The van der Waals surface area contributed by atoms with Crippen LogP contribution in [0.25, 0.3) is 0 Å². The van der Waals surface area contributed by atoms with E-state index in [4.69, 9.17) is 3.87 Å². The molecule has 0 spiro atoms. The molecule has 72 valence electrons. The van der Waals surface area contributed by atoms with Gasteiger partial charge in [0.2, 0.25) is 8.32 Å². The van der Waals surface area contributed by atoms with E-state index in [-0.39, 0.29) is 6.61 Å². The van der Waals surface area contributed by atoms with E-state index < -0.39 is 18.7 Å². The summed E-state index contributed by atoms with van der Waals surface area (Å²) in [5.74, 6) is 0. The highest BCUT2D eigenvalue weighted by atomic mass is 32.3. The van der Waals surface area contributed by atoms with Crippen molar-refractivity contribution in [1.29, 1.82) is 0 Å². The first-order valence-electron chi connectivity index (χ1n) is 3.48. The average molecular weight is 210 g/mol. The van der Waals surface area contributed by atoms with E-state index in [9.17, 15) is 8.42 Å². The van der Waals surface area contributed by atoms with Gasteiger partial charge < -0.3 is 0 Å². The molecule has 0 bridgehead atoms. The summed E-state index contributed by atoms with van der Waals surface area (Å²) < 4.78 is 31.1. The Balaban J connectivity index is 4.15. The number of hydrogen-bond acceptors (Lipinski definition) is 4. The molecule has 0 radical (unpaired) electrons. The largest absolute Gasteiger partial charge is 0.390 e. The van der Waals surface area contributed by atoms with Crippen LogP contribution in [0, 0.1) is 0 Å². The fraction of sp³-hybridized carbons (Fsp3) is 0.667. The molecule has 0 fully saturated rings. The summed E-state index contributed by atoms with van der Waals surface area (Å²) in [6, 6.07) is 0. The molecule has 0 saturated heterocycles. The topological polar surface area (TPSA) is 52.6 Å². The summed E-state index contributed by atoms with van der Waals surface area (Å²) in [5.41, 5.74) is 0. The van der Waals surface area contributed by atoms with Gasteiger partial charge in [0.25, 0.3) is 0 Å². The lowest BCUT2D eigenvalue weighted by Gasteiger charge is -2.15. The molecule has 0 amide bonds. The van der Waals surface area contributed by atoms with Crippen LogP contribution in [0.2, 0.25) is 19.6 Å². The van der Waals surface area contributed by atoms with Crippen LogP contribution < -0.4 is 0 Å². The van der Waals surface area contributed by atoms with Crippen LogP contribution in [0.5, 0.6) is 0 Å². The summed E-state index contributed by atoms with van der Waals surface area (Å²) in [7, 11) is -5.90. The first kappa shape index (κ1) is 11.8. The Morgan fingerprint density at radius 3 is 2.25 bits per heavy atom. The molecule has 0 N–H and O–H groups in total. The van der Waals surface area contributed by atoms with Gasteiger partial charge in [-0.15, -0.1) is 6.58 Å². The Hall–Kier alpha value is -0.173. The van der Waals surface area contributed by atoms with E-state index in [0.717, 1.165) is 0 Å². The predicted molar refractivity (Wildman–Crippen MR) is 49.5 cm³/mol. The lowest BCUT2D eigenvalue weighted by atomic mass is 10.7. The zero-order valence-electron chi connectivity index (χ0n) is 7.53. The SMILES string of the molecule is C=CCOS(=O)(=O)O[Si](C)(C)C. The molecule has 0 aliphatic heterocycles. The Morgan fingerprint density at radius 2 is 1.92 bits per heavy atom. The summed E-state index contributed by atoms with van der Waals surface area (Å²) in [6.07, 6.45) is 1.35. The molecule has 0 unspecified atom stereocenters. The van der Waals surface area contributed by atoms with Crippen LogP contribution >= 0.6 is 0 Å². The molecule has 0 aromatic heterocycles. The van der Waals surface area contributed by atoms with E-state index >= 15 is 0 Å². The highest BCUT2D eigenvalue weighted by Gasteiger charge is 2.24. The van der Waals surface area contributed by atoms with Crippen molar-refractivity contribution in [2.24, 2.45) is 0 Å². The van der Waals surface area contributed by atoms with Crippen molar-refractivity contribution in [3.8, 4) is 0 Å². The third kappa shape index (κ3) is 6.53. The number of rotatable bonds is 5. The molecule has 0 aliphatic carbocycles. The van der Waals surface area contributed by atoms with E-state index in [1.54, 1.807) is 19.6 Å². The minimum atomic E-state index is -3.81. The van der Waals surface area contributed by atoms with Crippen molar-refractivity contribution >= 4 is 18.7 Å². The Kier molecular flexibility index (Phi) is 4.11. The molecule has 0 heterocycles. The highest BCUT2D eigenvalue weighted by Crippen LogP contribution is 2.09. The lowest BCUT2D eigenvalue weighted by molar-refractivity contribution is 0.300. The van der Waals surface area contributed by atoms with Gasteiger partial charge in [0.05, 0.1) is 6.61 Å². The predicted octanol–water partition coefficient (Wildman–Crippen LogP) is 1.29. The van der Waals surface area contributed by atoms with Gasteiger partial charge >= 0.3 is 10.4 Å². The van der Waals surface area contributed by atoms with Crippen molar-refractivity contribution in [3.63, 3.8) is 0 Å². The third-order valence-corrected chi connectivity index (χ3v) is 3.92. The van der Waals surface area contributed by atoms with Crippen molar-refractivity contribution in [3.05, 3.63) is 12.7 Å². The molecular formula is C6H14O4SSi. The maximum atomic E-state index is 10.9.